The molecule has 1 rings (SSSR count). The molecule has 1 aromatic rings. The summed E-state index contributed by atoms with van der Waals surface area (Å²) >= 11 is 0. The normalized spacial score (nSPS) is 12.6. The molecule has 0 radical (unpaired) electrons. The molecule has 0 amide bonds. The topological polar surface area (TPSA) is 62.7 Å². The van der Waals surface area contributed by atoms with E-state index < -0.39 is 12.1 Å². The largest absolute Gasteiger partial charge is 0.479 e. The van der Waals surface area contributed by atoms with Gasteiger partial charge in [0.05, 0.1) is 0 Å². The van der Waals surface area contributed by atoms with Crippen molar-refractivity contribution >= 4 is 5.97 Å². The van der Waals surface area contributed by atoms with Gasteiger partial charge in [0.2, 0.25) is 0 Å². The number of aromatic nitrogens is 1. The summed E-state index contributed by atoms with van der Waals surface area (Å²) in [4.78, 5) is 17.0. The number of ether oxygens (including phenoxy) is 1. The second kappa shape index (κ2) is 7.79. The number of nitrogens with zero attached hydrogens (tertiary/aromatic N) is 2. The third-order valence-electron chi connectivity index (χ3n) is 2.59. The van der Waals surface area contributed by atoms with Gasteiger partial charge in [-0.1, -0.05) is 6.07 Å². The average molecular weight is 252 g/mol. The lowest BCUT2D eigenvalue weighted by molar-refractivity contribution is -0.150. The van der Waals surface area contributed by atoms with Crippen molar-refractivity contribution in [2.45, 2.75) is 26.0 Å². The summed E-state index contributed by atoms with van der Waals surface area (Å²) in [7, 11) is 1.96. The molecule has 0 saturated heterocycles. The van der Waals surface area contributed by atoms with Crippen molar-refractivity contribution in [3.05, 3.63) is 30.1 Å². The fourth-order valence-corrected chi connectivity index (χ4v) is 1.70. The maximum atomic E-state index is 10.9. The second-order valence-corrected chi connectivity index (χ2v) is 4.17. The number of hydrogen-bond acceptors (Lipinski definition) is 4. The molecular weight excluding hydrogens is 232 g/mol. The van der Waals surface area contributed by atoms with E-state index >= 15 is 0 Å². The molecule has 0 aliphatic heterocycles. The molecule has 18 heavy (non-hydrogen) atoms. The van der Waals surface area contributed by atoms with Crippen LogP contribution in [0.4, 0.5) is 0 Å². The highest BCUT2D eigenvalue weighted by molar-refractivity contribution is 5.72. The summed E-state index contributed by atoms with van der Waals surface area (Å²) < 4.78 is 5.17. The van der Waals surface area contributed by atoms with Crippen LogP contribution in [0.3, 0.4) is 0 Å². The number of carboxylic acid groups (broad SMARTS) is 1. The van der Waals surface area contributed by atoms with Crippen molar-refractivity contribution in [2.75, 3.05) is 20.2 Å². The zero-order valence-corrected chi connectivity index (χ0v) is 10.9. The zero-order valence-electron chi connectivity index (χ0n) is 10.9. The van der Waals surface area contributed by atoms with Crippen LogP contribution in [0.25, 0.3) is 0 Å². The fraction of sp³-hybridized carbons (Fsp3) is 0.538. The summed E-state index contributed by atoms with van der Waals surface area (Å²) in [5.41, 5.74) is 1.11. The van der Waals surface area contributed by atoms with E-state index in [0.29, 0.717) is 19.6 Å². The Morgan fingerprint density at radius 3 is 2.94 bits per heavy atom. The molecule has 100 valence electrons. The van der Waals surface area contributed by atoms with Crippen molar-refractivity contribution in [2.24, 2.45) is 0 Å². The summed E-state index contributed by atoms with van der Waals surface area (Å²) in [5.74, 6) is -0.897. The highest BCUT2D eigenvalue weighted by atomic mass is 16.5. The van der Waals surface area contributed by atoms with E-state index in [-0.39, 0.29) is 0 Å². The summed E-state index contributed by atoms with van der Waals surface area (Å²) in [6, 6.07) is 3.89. The monoisotopic (exact) mass is 252 g/mol. The van der Waals surface area contributed by atoms with Crippen LogP contribution >= 0.6 is 0 Å². The SMILES string of the molecule is CCOC(CCN(C)Cc1cccnc1)C(=O)O. The molecule has 1 aromatic heterocycles. The molecule has 0 saturated carbocycles. The Labute approximate surface area is 107 Å². The lowest BCUT2D eigenvalue weighted by atomic mass is 10.2. The smallest absolute Gasteiger partial charge is 0.332 e. The van der Waals surface area contributed by atoms with E-state index in [0.717, 1.165) is 12.1 Å². The molecule has 0 spiro atoms. The van der Waals surface area contributed by atoms with Gasteiger partial charge in [-0.25, -0.2) is 4.79 Å². The van der Waals surface area contributed by atoms with Crippen LogP contribution in [-0.2, 0) is 16.1 Å². The van der Waals surface area contributed by atoms with Crippen molar-refractivity contribution in [3.63, 3.8) is 0 Å². The first-order valence-corrected chi connectivity index (χ1v) is 6.05. The molecule has 0 aromatic carbocycles. The van der Waals surface area contributed by atoms with Crippen LogP contribution in [-0.4, -0.2) is 47.3 Å². The van der Waals surface area contributed by atoms with Gasteiger partial charge in [-0.15, -0.1) is 0 Å². The van der Waals surface area contributed by atoms with E-state index in [9.17, 15) is 4.79 Å². The van der Waals surface area contributed by atoms with Gasteiger partial charge < -0.3 is 14.7 Å². The minimum atomic E-state index is -0.897. The quantitative estimate of drug-likeness (QED) is 0.757. The molecule has 1 unspecified atom stereocenters. The van der Waals surface area contributed by atoms with Gasteiger partial charge >= 0.3 is 5.97 Å². The first-order chi connectivity index (χ1) is 8.63. The molecule has 1 heterocycles. The standard InChI is InChI=1S/C13H20N2O3/c1-3-18-12(13(16)17)6-8-15(2)10-11-5-4-7-14-9-11/h4-5,7,9,12H,3,6,8,10H2,1-2H3,(H,16,17). The number of carboxylic acids is 1. The molecule has 0 aliphatic carbocycles. The Morgan fingerprint density at radius 1 is 1.61 bits per heavy atom. The molecule has 0 fully saturated rings. The van der Waals surface area contributed by atoms with Gasteiger partial charge in [0.1, 0.15) is 0 Å². The Balaban J connectivity index is 2.36. The van der Waals surface area contributed by atoms with E-state index in [2.05, 4.69) is 9.88 Å². The lowest BCUT2D eigenvalue weighted by Gasteiger charge is -2.19. The van der Waals surface area contributed by atoms with Gasteiger partial charge in [0, 0.05) is 32.1 Å². The molecule has 0 bridgehead atoms. The highest BCUT2D eigenvalue weighted by Crippen LogP contribution is 2.05. The molecule has 5 nitrogen and oxygen atoms in total. The van der Waals surface area contributed by atoms with Crippen LogP contribution < -0.4 is 0 Å². The van der Waals surface area contributed by atoms with Crippen molar-refractivity contribution in [1.29, 1.82) is 0 Å². The number of pyridine rings is 1. The number of carbonyl (C=O) groups is 1. The van der Waals surface area contributed by atoms with E-state index in [1.165, 1.54) is 0 Å². The second-order valence-electron chi connectivity index (χ2n) is 4.17. The fourth-order valence-electron chi connectivity index (χ4n) is 1.70. The van der Waals surface area contributed by atoms with Crippen LogP contribution in [0.2, 0.25) is 0 Å². The molecular formula is C13H20N2O3. The number of hydrogen-bond donors (Lipinski definition) is 1. The van der Waals surface area contributed by atoms with Gasteiger partial charge in [-0.05, 0) is 32.0 Å². The van der Waals surface area contributed by atoms with Crippen LogP contribution in [0.5, 0.6) is 0 Å². The molecule has 1 atom stereocenters. The Hall–Kier alpha value is -1.46. The highest BCUT2D eigenvalue weighted by Gasteiger charge is 2.17. The third-order valence-corrected chi connectivity index (χ3v) is 2.59. The first-order valence-electron chi connectivity index (χ1n) is 6.05. The Kier molecular flexibility index (Phi) is 6.32. The predicted octanol–water partition coefficient (Wildman–Crippen LogP) is 1.39. The van der Waals surface area contributed by atoms with E-state index in [1.54, 1.807) is 13.1 Å². The molecule has 1 N–H and O–H groups in total. The summed E-state index contributed by atoms with van der Waals surface area (Å²) in [6.07, 6.45) is 3.32. The van der Waals surface area contributed by atoms with Crippen molar-refractivity contribution in [1.82, 2.24) is 9.88 Å². The summed E-state index contributed by atoms with van der Waals surface area (Å²) in [5, 5.41) is 8.95. The van der Waals surface area contributed by atoms with E-state index in [4.69, 9.17) is 9.84 Å². The third kappa shape index (κ3) is 5.25. The maximum absolute atomic E-state index is 10.9. The Morgan fingerprint density at radius 2 is 2.39 bits per heavy atom. The summed E-state index contributed by atoms with van der Waals surface area (Å²) in [6.45, 7) is 3.65. The van der Waals surface area contributed by atoms with Crippen LogP contribution in [0.1, 0.15) is 18.9 Å². The minimum Gasteiger partial charge on any atom is -0.479 e. The molecule has 0 aliphatic rings. The average Bonchev–Trinajstić information content (AvgIpc) is 2.35. The van der Waals surface area contributed by atoms with Crippen molar-refractivity contribution in [3.8, 4) is 0 Å². The van der Waals surface area contributed by atoms with Gasteiger partial charge in [-0.2, -0.15) is 0 Å². The first kappa shape index (κ1) is 14.6. The predicted molar refractivity (Wildman–Crippen MR) is 68.2 cm³/mol. The van der Waals surface area contributed by atoms with Crippen molar-refractivity contribution < 1.29 is 14.6 Å². The number of aliphatic carboxylic acids is 1. The lowest BCUT2D eigenvalue weighted by Crippen LogP contribution is -2.29. The zero-order chi connectivity index (χ0) is 13.4. The minimum absolute atomic E-state index is 0.420. The van der Waals surface area contributed by atoms with Crippen LogP contribution in [0.15, 0.2) is 24.5 Å². The molecule has 5 heteroatoms. The number of rotatable bonds is 8. The Bertz CT molecular complexity index is 357. The van der Waals surface area contributed by atoms with E-state index in [1.807, 2.05) is 25.4 Å². The van der Waals surface area contributed by atoms with Gasteiger partial charge in [0.25, 0.3) is 0 Å². The van der Waals surface area contributed by atoms with Crippen LogP contribution in [0, 0.1) is 0 Å². The van der Waals surface area contributed by atoms with Gasteiger partial charge in [-0.3, -0.25) is 4.98 Å². The van der Waals surface area contributed by atoms with Gasteiger partial charge in [0.15, 0.2) is 6.10 Å². The maximum Gasteiger partial charge on any atom is 0.332 e.